The van der Waals surface area contributed by atoms with Gasteiger partial charge in [-0.25, -0.2) is 0 Å². The fourth-order valence-electron chi connectivity index (χ4n) is 0.930. The maximum absolute atomic E-state index is 6.00. The first-order valence-electron chi connectivity index (χ1n) is 4.45. The summed E-state index contributed by atoms with van der Waals surface area (Å²) in [4.78, 5) is 4.28. The second-order valence-corrected chi connectivity index (χ2v) is 3.75. The predicted molar refractivity (Wildman–Crippen MR) is 58.5 cm³/mol. The Balaban J connectivity index is 2.68. The molecule has 0 unspecified atom stereocenters. The lowest BCUT2D eigenvalue weighted by atomic mass is 10.2. The zero-order valence-electron chi connectivity index (χ0n) is 8.00. The van der Waals surface area contributed by atoms with Gasteiger partial charge in [0, 0.05) is 12.1 Å². The summed E-state index contributed by atoms with van der Waals surface area (Å²) in [6.45, 7) is 5.03. The maximum atomic E-state index is 6.00. The molecule has 0 N–H and O–H groups in total. The van der Waals surface area contributed by atoms with Crippen molar-refractivity contribution in [2.75, 3.05) is 6.54 Å². The Hall–Kier alpha value is -0.820. The van der Waals surface area contributed by atoms with Gasteiger partial charge in [0.25, 0.3) is 0 Å². The van der Waals surface area contributed by atoms with Gasteiger partial charge in [-0.15, -0.1) is 0 Å². The van der Waals surface area contributed by atoms with Crippen molar-refractivity contribution in [2.45, 2.75) is 13.8 Å². The lowest BCUT2D eigenvalue weighted by molar-refractivity contribution is 0.667. The molecule has 13 heavy (non-hydrogen) atoms. The SMILES string of the molecule is CC(C)C/N=C(\Cl)c1ccccc1. The van der Waals surface area contributed by atoms with Crippen LogP contribution in [0.25, 0.3) is 0 Å². The van der Waals surface area contributed by atoms with Crippen molar-refractivity contribution in [2.24, 2.45) is 10.9 Å². The van der Waals surface area contributed by atoms with Gasteiger partial charge in [-0.2, -0.15) is 0 Å². The van der Waals surface area contributed by atoms with Crippen LogP contribution in [0.1, 0.15) is 19.4 Å². The lowest BCUT2D eigenvalue weighted by Crippen LogP contribution is -1.97. The normalized spacial score (nSPS) is 12.2. The van der Waals surface area contributed by atoms with E-state index >= 15 is 0 Å². The lowest BCUT2D eigenvalue weighted by Gasteiger charge is -2.00. The fourth-order valence-corrected chi connectivity index (χ4v) is 1.12. The van der Waals surface area contributed by atoms with Crippen LogP contribution in [0.2, 0.25) is 0 Å². The van der Waals surface area contributed by atoms with E-state index in [2.05, 4.69) is 18.8 Å². The van der Waals surface area contributed by atoms with E-state index in [1.807, 2.05) is 30.3 Å². The molecule has 0 saturated heterocycles. The Labute approximate surface area is 84.5 Å². The number of halogens is 1. The Morgan fingerprint density at radius 1 is 1.31 bits per heavy atom. The second-order valence-electron chi connectivity index (χ2n) is 3.39. The van der Waals surface area contributed by atoms with E-state index in [-0.39, 0.29) is 0 Å². The zero-order chi connectivity index (χ0) is 9.68. The van der Waals surface area contributed by atoms with Gasteiger partial charge in [0.05, 0.1) is 0 Å². The standard InChI is InChI=1S/C11H14ClN/c1-9(2)8-13-11(12)10-6-4-3-5-7-10/h3-7,9H,8H2,1-2H3/b13-11-. The summed E-state index contributed by atoms with van der Waals surface area (Å²) in [6, 6.07) is 9.82. The zero-order valence-corrected chi connectivity index (χ0v) is 8.75. The largest absolute Gasteiger partial charge is 0.272 e. The molecule has 1 aromatic carbocycles. The van der Waals surface area contributed by atoms with Crippen LogP contribution in [0, 0.1) is 5.92 Å². The molecule has 0 aromatic heterocycles. The minimum atomic E-state index is 0.553. The quantitative estimate of drug-likeness (QED) is 0.657. The predicted octanol–water partition coefficient (Wildman–Crippen LogP) is 3.33. The summed E-state index contributed by atoms with van der Waals surface area (Å²) >= 11 is 6.00. The molecule has 1 aromatic rings. The van der Waals surface area contributed by atoms with Gasteiger partial charge in [-0.05, 0) is 5.92 Å². The molecule has 0 aliphatic heterocycles. The number of hydrogen-bond donors (Lipinski definition) is 0. The molecule has 0 fully saturated rings. The highest BCUT2D eigenvalue weighted by Gasteiger charge is 1.98. The number of hydrogen-bond acceptors (Lipinski definition) is 1. The highest BCUT2D eigenvalue weighted by molar-refractivity contribution is 6.69. The Kier molecular flexibility index (Phi) is 3.97. The van der Waals surface area contributed by atoms with E-state index in [0.717, 1.165) is 12.1 Å². The molecule has 0 amide bonds. The number of aliphatic imine (C=N–C) groups is 1. The molecule has 0 aliphatic rings. The van der Waals surface area contributed by atoms with Crippen molar-refractivity contribution in [1.29, 1.82) is 0 Å². The smallest absolute Gasteiger partial charge is 0.130 e. The number of benzene rings is 1. The van der Waals surface area contributed by atoms with E-state index in [0.29, 0.717) is 11.1 Å². The van der Waals surface area contributed by atoms with E-state index < -0.39 is 0 Å². The van der Waals surface area contributed by atoms with E-state index in [1.165, 1.54) is 0 Å². The van der Waals surface area contributed by atoms with Gasteiger partial charge in [-0.3, -0.25) is 4.99 Å². The highest BCUT2D eigenvalue weighted by Crippen LogP contribution is 2.05. The van der Waals surface area contributed by atoms with Crippen LogP contribution in [0.5, 0.6) is 0 Å². The Morgan fingerprint density at radius 2 is 1.92 bits per heavy atom. The average molecular weight is 196 g/mol. The molecule has 70 valence electrons. The maximum Gasteiger partial charge on any atom is 0.130 e. The third-order valence-corrected chi connectivity index (χ3v) is 1.94. The van der Waals surface area contributed by atoms with Crippen molar-refractivity contribution in [3.8, 4) is 0 Å². The number of nitrogens with zero attached hydrogens (tertiary/aromatic N) is 1. The van der Waals surface area contributed by atoms with Crippen molar-refractivity contribution in [3.63, 3.8) is 0 Å². The van der Waals surface area contributed by atoms with Gasteiger partial charge in [0.15, 0.2) is 0 Å². The molecule has 1 nitrogen and oxygen atoms in total. The van der Waals surface area contributed by atoms with E-state index in [9.17, 15) is 0 Å². The van der Waals surface area contributed by atoms with Gasteiger partial charge < -0.3 is 0 Å². The van der Waals surface area contributed by atoms with Crippen molar-refractivity contribution in [3.05, 3.63) is 35.9 Å². The third kappa shape index (κ3) is 3.60. The van der Waals surface area contributed by atoms with Crippen LogP contribution in [0.4, 0.5) is 0 Å². The van der Waals surface area contributed by atoms with Crippen molar-refractivity contribution in [1.82, 2.24) is 0 Å². The van der Waals surface area contributed by atoms with Gasteiger partial charge >= 0.3 is 0 Å². The molecule has 0 radical (unpaired) electrons. The van der Waals surface area contributed by atoms with Gasteiger partial charge in [-0.1, -0.05) is 55.8 Å². The second kappa shape index (κ2) is 5.03. The highest BCUT2D eigenvalue weighted by atomic mass is 35.5. The topological polar surface area (TPSA) is 12.4 Å². The summed E-state index contributed by atoms with van der Waals surface area (Å²) in [6.07, 6.45) is 0. The Bertz CT molecular complexity index is 277. The first-order valence-corrected chi connectivity index (χ1v) is 4.83. The first-order chi connectivity index (χ1) is 6.20. The van der Waals surface area contributed by atoms with Crippen LogP contribution in [-0.2, 0) is 0 Å². The van der Waals surface area contributed by atoms with Crippen LogP contribution in [-0.4, -0.2) is 11.7 Å². The Morgan fingerprint density at radius 3 is 2.46 bits per heavy atom. The first kappa shape index (κ1) is 10.3. The molecule has 0 bridgehead atoms. The summed E-state index contributed by atoms with van der Waals surface area (Å²) in [7, 11) is 0. The monoisotopic (exact) mass is 195 g/mol. The molecule has 0 spiro atoms. The van der Waals surface area contributed by atoms with Crippen LogP contribution in [0.15, 0.2) is 35.3 Å². The molecule has 1 rings (SSSR count). The fraction of sp³-hybridized carbons (Fsp3) is 0.364. The molecular formula is C11H14ClN. The van der Waals surface area contributed by atoms with Crippen molar-refractivity contribution < 1.29 is 0 Å². The van der Waals surface area contributed by atoms with Crippen LogP contribution >= 0.6 is 11.6 Å². The number of rotatable bonds is 3. The summed E-state index contributed by atoms with van der Waals surface area (Å²) in [5, 5.41) is 0.606. The minimum Gasteiger partial charge on any atom is -0.272 e. The average Bonchev–Trinajstić information content (AvgIpc) is 2.15. The summed E-state index contributed by atoms with van der Waals surface area (Å²) in [5.41, 5.74) is 0.991. The molecule has 0 atom stereocenters. The van der Waals surface area contributed by atoms with Crippen LogP contribution < -0.4 is 0 Å². The van der Waals surface area contributed by atoms with E-state index in [1.54, 1.807) is 0 Å². The summed E-state index contributed by atoms with van der Waals surface area (Å²) in [5.74, 6) is 0.553. The van der Waals surface area contributed by atoms with Crippen LogP contribution in [0.3, 0.4) is 0 Å². The molecule has 0 saturated carbocycles. The minimum absolute atomic E-state index is 0.553. The van der Waals surface area contributed by atoms with Gasteiger partial charge in [0.1, 0.15) is 5.17 Å². The third-order valence-electron chi connectivity index (χ3n) is 1.61. The molecular weight excluding hydrogens is 182 g/mol. The van der Waals surface area contributed by atoms with Gasteiger partial charge in [0.2, 0.25) is 0 Å². The van der Waals surface area contributed by atoms with E-state index in [4.69, 9.17) is 11.6 Å². The van der Waals surface area contributed by atoms with Crippen molar-refractivity contribution >= 4 is 16.8 Å². The summed E-state index contributed by atoms with van der Waals surface area (Å²) < 4.78 is 0. The molecule has 0 heterocycles. The molecule has 2 heteroatoms. The molecule has 0 aliphatic carbocycles.